The molecular weight excluding hydrogens is 336 g/mol. The van der Waals surface area contributed by atoms with Crippen LogP contribution >= 0.6 is 0 Å². The summed E-state index contributed by atoms with van der Waals surface area (Å²) in [7, 11) is 0. The van der Waals surface area contributed by atoms with Crippen molar-refractivity contribution in [2.24, 2.45) is 5.92 Å². The summed E-state index contributed by atoms with van der Waals surface area (Å²) in [6, 6.07) is 21.3. The zero-order chi connectivity index (χ0) is 18.6. The normalized spacial score (nSPS) is 18.0. The summed E-state index contributed by atoms with van der Waals surface area (Å²) in [5, 5.41) is 10.5. The summed E-state index contributed by atoms with van der Waals surface area (Å²) < 4.78 is 2.35. The summed E-state index contributed by atoms with van der Waals surface area (Å²) in [5.41, 5.74) is 3.74. The molecule has 0 saturated carbocycles. The SMILES string of the molecule is O=C(O)C1CCCN(CCCc2cc3ccccc3n2-c2ccccc2)C1. The Morgan fingerprint density at radius 3 is 2.67 bits per heavy atom. The van der Waals surface area contributed by atoms with Gasteiger partial charge in [-0.05, 0) is 63.0 Å². The summed E-state index contributed by atoms with van der Waals surface area (Å²) in [6.45, 7) is 2.67. The Morgan fingerprint density at radius 1 is 1.07 bits per heavy atom. The molecule has 140 valence electrons. The maximum atomic E-state index is 11.3. The van der Waals surface area contributed by atoms with Gasteiger partial charge in [-0.3, -0.25) is 4.79 Å². The smallest absolute Gasteiger partial charge is 0.307 e. The lowest BCUT2D eigenvalue weighted by Crippen LogP contribution is -2.39. The maximum absolute atomic E-state index is 11.3. The van der Waals surface area contributed by atoms with Crippen molar-refractivity contribution >= 4 is 16.9 Å². The number of fused-ring (bicyclic) bond motifs is 1. The van der Waals surface area contributed by atoms with Crippen LogP contribution in [0.1, 0.15) is 25.0 Å². The molecule has 1 unspecified atom stereocenters. The number of aromatic nitrogens is 1. The van der Waals surface area contributed by atoms with Crippen LogP contribution in [0.5, 0.6) is 0 Å². The second-order valence-electron chi connectivity index (χ2n) is 7.45. The average molecular weight is 362 g/mol. The predicted octanol–water partition coefficient (Wildman–Crippen LogP) is 4.36. The number of aryl methyl sites for hydroxylation is 1. The van der Waals surface area contributed by atoms with E-state index in [0.717, 1.165) is 38.8 Å². The number of carboxylic acid groups (broad SMARTS) is 1. The lowest BCUT2D eigenvalue weighted by molar-refractivity contribution is -0.143. The Kier molecular flexibility index (Phi) is 5.26. The third-order valence-corrected chi connectivity index (χ3v) is 5.56. The maximum Gasteiger partial charge on any atom is 0.307 e. The summed E-state index contributed by atoms with van der Waals surface area (Å²) in [5.74, 6) is -0.849. The number of benzene rings is 2. The van der Waals surface area contributed by atoms with E-state index in [-0.39, 0.29) is 5.92 Å². The van der Waals surface area contributed by atoms with Crippen molar-refractivity contribution in [3.8, 4) is 5.69 Å². The second kappa shape index (κ2) is 7.97. The number of carbonyl (C=O) groups is 1. The third kappa shape index (κ3) is 3.91. The van der Waals surface area contributed by atoms with Gasteiger partial charge in [0.05, 0.1) is 11.4 Å². The number of carboxylic acids is 1. The molecular formula is C23H26N2O2. The van der Waals surface area contributed by atoms with Crippen LogP contribution in [-0.4, -0.2) is 40.2 Å². The van der Waals surface area contributed by atoms with E-state index in [1.165, 1.54) is 22.3 Å². The molecule has 2 heterocycles. The predicted molar refractivity (Wildman–Crippen MR) is 108 cm³/mol. The van der Waals surface area contributed by atoms with Crippen molar-refractivity contribution in [2.75, 3.05) is 19.6 Å². The van der Waals surface area contributed by atoms with E-state index in [9.17, 15) is 9.90 Å². The highest BCUT2D eigenvalue weighted by Gasteiger charge is 2.24. The monoisotopic (exact) mass is 362 g/mol. The van der Waals surface area contributed by atoms with Gasteiger partial charge in [0.25, 0.3) is 0 Å². The van der Waals surface area contributed by atoms with Gasteiger partial charge in [0.15, 0.2) is 0 Å². The standard InChI is InChI=1S/C23H26N2O2/c26-23(27)19-9-6-14-24(17-19)15-7-12-21-16-18-8-4-5-13-22(18)25(21)20-10-2-1-3-11-20/h1-5,8,10-11,13,16,19H,6-7,9,12,14-15,17H2,(H,26,27). The molecule has 1 fully saturated rings. The van der Waals surface area contributed by atoms with Gasteiger partial charge in [-0.2, -0.15) is 0 Å². The van der Waals surface area contributed by atoms with Gasteiger partial charge in [-0.15, -0.1) is 0 Å². The molecule has 3 aromatic rings. The van der Waals surface area contributed by atoms with Gasteiger partial charge in [-0.1, -0.05) is 36.4 Å². The number of likely N-dealkylation sites (tertiary alicyclic amines) is 1. The van der Waals surface area contributed by atoms with Crippen LogP contribution in [0.4, 0.5) is 0 Å². The Morgan fingerprint density at radius 2 is 1.85 bits per heavy atom. The first-order valence-electron chi connectivity index (χ1n) is 9.82. The average Bonchev–Trinajstić information content (AvgIpc) is 3.07. The molecule has 1 aliphatic rings. The van der Waals surface area contributed by atoms with Crippen molar-refractivity contribution in [1.29, 1.82) is 0 Å². The molecule has 27 heavy (non-hydrogen) atoms. The molecule has 4 nitrogen and oxygen atoms in total. The number of nitrogens with zero attached hydrogens (tertiary/aromatic N) is 2. The molecule has 0 radical (unpaired) electrons. The van der Waals surface area contributed by atoms with Crippen LogP contribution in [0.2, 0.25) is 0 Å². The zero-order valence-electron chi connectivity index (χ0n) is 15.6. The van der Waals surface area contributed by atoms with E-state index >= 15 is 0 Å². The molecule has 1 saturated heterocycles. The van der Waals surface area contributed by atoms with Crippen molar-refractivity contribution in [2.45, 2.75) is 25.7 Å². The van der Waals surface area contributed by atoms with Gasteiger partial charge in [0, 0.05) is 23.3 Å². The zero-order valence-corrected chi connectivity index (χ0v) is 15.6. The molecule has 0 spiro atoms. The molecule has 0 bridgehead atoms. The fraction of sp³-hybridized carbons (Fsp3) is 0.348. The van der Waals surface area contributed by atoms with E-state index in [2.05, 4.69) is 64.1 Å². The summed E-state index contributed by atoms with van der Waals surface area (Å²) >= 11 is 0. The van der Waals surface area contributed by atoms with Gasteiger partial charge >= 0.3 is 5.97 Å². The fourth-order valence-electron chi connectivity index (χ4n) is 4.22. The molecule has 4 rings (SSSR count). The van der Waals surface area contributed by atoms with Crippen molar-refractivity contribution < 1.29 is 9.90 Å². The number of piperidine rings is 1. The van der Waals surface area contributed by atoms with E-state index in [4.69, 9.17) is 0 Å². The molecule has 1 atom stereocenters. The Balaban J connectivity index is 1.50. The molecule has 1 aromatic heterocycles. The quantitative estimate of drug-likeness (QED) is 0.709. The molecule has 4 heteroatoms. The van der Waals surface area contributed by atoms with E-state index in [0.29, 0.717) is 6.54 Å². The van der Waals surface area contributed by atoms with Crippen molar-refractivity contribution in [3.63, 3.8) is 0 Å². The third-order valence-electron chi connectivity index (χ3n) is 5.56. The number of hydrogen-bond acceptors (Lipinski definition) is 2. The fourth-order valence-corrected chi connectivity index (χ4v) is 4.22. The summed E-state index contributed by atoms with van der Waals surface area (Å²) in [4.78, 5) is 13.6. The van der Waals surface area contributed by atoms with Crippen LogP contribution in [0, 0.1) is 5.92 Å². The van der Waals surface area contributed by atoms with E-state index in [1.807, 2.05) is 6.07 Å². The van der Waals surface area contributed by atoms with Crippen LogP contribution in [-0.2, 0) is 11.2 Å². The highest BCUT2D eigenvalue weighted by molar-refractivity contribution is 5.83. The van der Waals surface area contributed by atoms with Crippen molar-refractivity contribution in [1.82, 2.24) is 9.47 Å². The molecule has 0 aliphatic carbocycles. The lowest BCUT2D eigenvalue weighted by Gasteiger charge is -2.30. The number of rotatable bonds is 6. The Hall–Kier alpha value is -2.59. The lowest BCUT2D eigenvalue weighted by atomic mass is 9.98. The molecule has 1 aliphatic heterocycles. The molecule has 1 N–H and O–H groups in total. The summed E-state index contributed by atoms with van der Waals surface area (Å²) in [6.07, 6.45) is 3.82. The van der Waals surface area contributed by atoms with Crippen LogP contribution < -0.4 is 0 Å². The van der Waals surface area contributed by atoms with Crippen LogP contribution in [0.25, 0.3) is 16.6 Å². The number of aliphatic carboxylic acids is 1. The first-order chi connectivity index (χ1) is 13.2. The van der Waals surface area contributed by atoms with Gasteiger partial charge in [-0.25, -0.2) is 0 Å². The first-order valence-corrected chi connectivity index (χ1v) is 9.82. The van der Waals surface area contributed by atoms with Crippen molar-refractivity contribution in [3.05, 3.63) is 66.4 Å². The van der Waals surface area contributed by atoms with E-state index in [1.54, 1.807) is 0 Å². The van der Waals surface area contributed by atoms with Gasteiger partial charge in [0.2, 0.25) is 0 Å². The van der Waals surface area contributed by atoms with Gasteiger partial charge in [0.1, 0.15) is 0 Å². The first kappa shape index (κ1) is 17.8. The molecule has 0 amide bonds. The largest absolute Gasteiger partial charge is 0.481 e. The highest BCUT2D eigenvalue weighted by atomic mass is 16.4. The van der Waals surface area contributed by atoms with Gasteiger partial charge < -0.3 is 14.6 Å². The highest BCUT2D eigenvalue weighted by Crippen LogP contribution is 2.25. The van der Waals surface area contributed by atoms with Crippen LogP contribution in [0.3, 0.4) is 0 Å². The Bertz CT molecular complexity index is 917. The number of para-hydroxylation sites is 2. The minimum atomic E-state index is -0.649. The minimum Gasteiger partial charge on any atom is -0.481 e. The van der Waals surface area contributed by atoms with Crippen LogP contribution in [0.15, 0.2) is 60.7 Å². The minimum absolute atomic E-state index is 0.200. The topological polar surface area (TPSA) is 45.5 Å². The Labute approximate surface area is 160 Å². The van der Waals surface area contributed by atoms with E-state index < -0.39 is 5.97 Å². The molecule has 2 aromatic carbocycles. The second-order valence-corrected chi connectivity index (χ2v) is 7.45. The number of hydrogen-bond donors (Lipinski definition) is 1.